The molecule has 2 nitrogen and oxygen atoms in total. The molecule has 0 fully saturated rings. The highest BCUT2D eigenvalue weighted by atomic mass is 16.3. The molecule has 0 radical (unpaired) electrons. The fraction of sp³-hybridized carbons (Fsp3) is 0.0857. The molecule has 12 aromatic rings. The summed E-state index contributed by atoms with van der Waals surface area (Å²) in [6.07, 6.45) is 0. The maximum atomic E-state index is 6.66. The Hall–Kier alpha value is -8.72. The van der Waals surface area contributed by atoms with Crippen molar-refractivity contribution >= 4 is 49.8 Å². The Morgan fingerprint density at radius 1 is 0.319 bits per heavy atom. The monoisotopic (exact) mass is 921 g/mol. The summed E-state index contributed by atoms with van der Waals surface area (Å²) in [5.41, 5.74) is 25.4. The molecule has 0 saturated heterocycles. The number of rotatable bonds is 7. The molecule has 0 unspecified atom stereocenters. The minimum atomic E-state index is -0.127. The van der Waals surface area contributed by atoms with Crippen LogP contribution in [0, 0.1) is 0 Å². The number of nitrogens with zero attached hydrogens (tertiary/aromatic N) is 1. The van der Waals surface area contributed by atoms with Gasteiger partial charge in [-0.05, 0) is 149 Å². The molecule has 0 bridgehead atoms. The molecule has 2 heteroatoms. The third-order valence-corrected chi connectivity index (χ3v) is 16.1. The van der Waals surface area contributed by atoms with Crippen LogP contribution in [0.1, 0.15) is 49.9 Å². The highest BCUT2D eigenvalue weighted by Crippen LogP contribution is 2.54. The lowest BCUT2D eigenvalue weighted by atomic mass is 9.78. The zero-order valence-electron chi connectivity index (χ0n) is 40.9. The second-order valence-electron chi connectivity index (χ2n) is 20.8. The first-order valence-electron chi connectivity index (χ1n) is 25.2. The Morgan fingerprint density at radius 2 is 0.875 bits per heavy atom. The van der Waals surface area contributed by atoms with Crippen molar-refractivity contribution in [2.75, 3.05) is 4.90 Å². The fourth-order valence-electron chi connectivity index (χ4n) is 12.6. The summed E-state index contributed by atoms with van der Waals surface area (Å²) in [7, 11) is 0. The van der Waals surface area contributed by atoms with E-state index in [1.165, 1.54) is 83.3 Å². The average molecular weight is 922 g/mol. The van der Waals surface area contributed by atoms with Crippen LogP contribution in [0.2, 0.25) is 0 Å². The first kappa shape index (κ1) is 42.2. The van der Waals surface area contributed by atoms with E-state index in [1.807, 2.05) is 0 Å². The summed E-state index contributed by atoms with van der Waals surface area (Å²) < 4.78 is 6.66. The third-order valence-electron chi connectivity index (χ3n) is 16.1. The van der Waals surface area contributed by atoms with Crippen LogP contribution >= 0.6 is 0 Å². The summed E-state index contributed by atoms with van der Waals surface area (Å²) in [6.45, 7) is 9.45. The van der Waals surface area contributed by atoms with Crippen molar-refractivity contribution in [3.8, 4) is 66.8 Å². The maximum Gasteiger partial charge on any atom is 0.143 e. The maximum absolute atomic E-state index is 6.66. The van der Waals surface area contributed by atoms with Gasteiger partial charge in [-0.1, -0.05) is 210 Å². The van der Waals surface area contributed by atoms with Crippen molar-refractivity contribution in [3.63, 3.8) is 0 Å². The Morgan fingerprint density at radius 3 is 1.64 bits per heavy atom. The van der Waals surface area contributed by atoms with E-state index in [-0.39, 0.29) is 10.8 Å². The fourth-order valence-corrected chi connectivity index (χ4v) is 12.6. The molecule has 11 aromatic carbocycles. The smallest absolute Gasteiger partial charge is 0.143 e. The second-order valence-corrected chi connectivity index (χ2v) is 20.8. The Labute approximate surface area is 421 Å². The molecule has 0 saturated carbocycles. The van der Waals surface area contributed by atoms with Crippen molar-refractivity contribution in [3.05, 3.63) is 259 Å². The van der Waals surface area contributed by atoms with Crippen LogP contribution in [0.4, 0.5) is 17.1 Å². The number of furan rings is 1. The lowest BCUT2D eigenvalue weighted by Crippen LogP contribution is -2.16. The summed E-state index contributed by atoms with van der Waals surface area (Å²) in [6, 6.07) is 87.2. The molecule has 2 aliphatic carbocycles. The van der Waals surface area contributed by atoms with Gasteiger partial charge in [-0.2, -0.15) is 0 Å². The van der Waals surface area contributed by atoms with Gasteiger partial charge in [0.25, 0.3) is 0 Å². The van der Waals surface area contributed by atoms with E-state index in [2.05, 4.69) is 269 Å². The molecule has 342 valence electrons. The molecule has 1 aromatic heterocycles. The van der Waals surface area contributed by atoms with Crippen LogP contribution in [0.3, 0.4) is 0 Å². The largest absolute Gasteiger partial charge is 0.455 e. The van der Waals surface area contributed by atoms with Crippen LogP contribution in [0.25, 0.3) is 99.5 Å². The van der Waals surface area contributed by atoms with Crippen molar-refractivity contribution in [1.82, 2.24) is 0 Å². The molecular weight excluding hydrogens is 871 g/mol. The zero-order chi connectivity index (χ0) is 48.3. The predicted molar refractivity (Wildman–Crippen MR) is 303 cm³/mol. The van der Waals surface area contributed by atoms with Gasteiger partial charge in [0, 0.05) is 44.1 Å². The molecule has 2 aliphatic rings. The van der Waals surface area contributed by atoms with E-state index >= 15 is 0 Å². The van der Waals surface area contributed by atoms with Crippen molar-refractivity contribution < 1.29 is 4.42 Å². The highest BCUT2D eigenvalue weighted by molar-refractivity contribution is 6.19. The van der Waals surface area contributed by atoms with Gasteiger partial charge >= 0.3 is 0 Å². The van der Waals surface area contributed by atoms with Crippen LogP contribution in [-0.2, 0) is 10.8 Å². The summed E-state index contributed by atoms with van der Waals surface area (Å²) in [5, 5.41) is 4.56. The lowest BCUT2D eigenvalue weighted by molar-refractivity contribution is 0.660. The van der Waals surface area contributed by atoms with E-state index in [9.17, 15) is 0 Å². The van der Waals surface area contributed by atoms with Gasteiger partial charge in [-0.25, -0.2) is 0 Å². The summed E-state index contributed by atoms with van der Waals surface area (Å²) >= 11 is 0. The lowest BCUT2D eigenvalue weighted by Gasteiger charge is -2.27. The van der Waals surface area contributed by atoms with Crippen LogP contribution < -0.4 is 4.90 Å². The molecule has 1 heterocycles. The number of hydrogen-bond donors (Lipinski definition) is 0. The molecule has 14 rings (SSSR count). The Bertz CT molecular complexity index is 4150. The number of fused-ring (bicyclic) bond motifs is 11. The van der Waals surface area contributed by atoms with E-state index in [4.69, 9.17) is 4.42 Å². The van der Waals surface area contributed by atoms with Crippen LogP contribution in [0.15, 0.2) is 241 Å². The van der Waals surface area contributed by atoms with Gasteiger partial charge < -0.3 is 9.32 Å². The number of anilines is 3. The number of hydrogen-bond acceptors (Lipinski definition) is 2. The van der Waals surface area contributed by atoms with Gasteiger partial charge in [0.1, 0.15) is 11.2 Å². The summed E-state index contributed by atoms with van der Waals surface area (Å²) in [5.74, 6) is 0. The Balaban J connectivity index is 0.881. The Kier molecular flexibility index (Phi) is 9.32. The van der Waals surface area contributed by atoms with Crippen LogP contribution in [-0.4, -0.2) is 0 Å². The highest BCUT2D eigenvalue weighted by Gasteiger charge is 2.38. The molecule has 0 atom stereocenters. The van der Waals surface area contributed by atoms with Gasteiger partial charge in [0.05, 0.1) is 0 Å². The molecular formula is C70H51NO. The topological polar surface area (TPSA) is 16.4 Å². The first-order valence-corrected chi connectivity index (χ1v) is 25.2. The molecule has 0 aliphatic heterocycles. The quantitative estimate of drug-likeness (QED) is 0.158. The van der Waals surface area contributed by atoms with E-state index in [0.717, 1.165) is 55.5 Å². The minimum Gasteiger partial charge on any atom is -0.455 e. The molecule has 72 heavy (non-hydrogen) atoms. The normalized spacial score (nSPS) is 13.8. The van der Waals surface area contributed by atoms with Crippen molar-refractivity contribution in [1.29, 1.82) is 0 Å². The second kappa shape index (κ2) is 15.9. The van der Waals surface area contributed by atoms with Gasteiger partial charge in [0.15, 0.2) is 0 Å². The van der Waals surface area contributed by atoms with Crippen molar-refractivity contribution in [2.24, 2.45) is 0 Å². The predicted octanol–water partition coefficient (Wildman–Crippen LogP) is 19.5. The molecule has 0 amide bonds. The van der Waals surface area contributed by atoms with Gasteiger partial charge in [-0.15, -0.1) is 0 Å². The van der Waals surface area contributed by atoms with Crippen LogP contribution in [0.5, 0.6) is 0 Å². The summed E-state index contributed by atoms with van der Waals surface area (Å²) in [4.78, 5) is 2.40. The zero-order valence-corrected chi connectivity index (χ0v) is 40.9. The number of benzene rings is 11. The van der Waals surface area contributed by atoms with E-state index in [0.29, 0.717) is 0 Å². The molecule has 0 spiro atoms. The van der Waals surface area contributed by atoms with Crippen molar-refractivity contribution in [2.45, 2.75) is 38.5 Å². The van der Waals surface area contributed by atoms with Gasteiger partial charge in [0.2, 0.25) is 0 Å². The SMILES string of the molecule is CC1(C)c2ccccc2-c2ccc(-c3ccc(N(c4ccc(-c5ccccc5-c5cccc6c5C(C)(C)c5ccccc5-6)cc4)c4cccc(-c5cccc6oc7c8ccccc8ccc7c56)c4)cc3)cc21. The third kappa shape index (κ3) is 6.35. The first-order chi connectivity index (χ1) is 35.2. The van der Waals surface area contributed by atoms with E-state index in [1.54, 1.807) is 0 Å². The standard InChI is InChI=1S/C70H51NO/c1-69(2)62-27-11-9-22-56(62)58-40-35-47(43-64(58)69)44-30-36-49(37-31-44)71(51-18-13-17-48(42-51)53-24-15-29-65-66(53)61-41-34-45-16-5-6-20-54(45)68(61)72-65)50-38-32-46(33-39-50)52-19-7-8-21-55(52)59-25-14-26-60-57-23-10-12-28-63(57)70(3,4)67(59)60/h5-43H,1-4H3. The van der Waals surface area contributed by atoms with E-state index < -0.39 is 0 Å². The molecule has 0 N–H and O–H groups in total. The average Bonchev–Trinajstić information content (AvgIpc) is 4.02. The van der Waals surface area contributed by atoms with Gasteiger partial charge in [-0.3, -0.25) is 0 Å². The minimum absolute atomic E-state index is 0.0686.